The average Bonchev–Trinajstić information content (AvgIpc) is 3.12. The summed E-state index contributed by atoms with van der Waals surface area (Å²) in [5, 5.41) is 6.46. The van der Waals surface area contributed by atoms with E-state index in [1.54, 1.807) is 7.11 Å². The molecule has 0 aliphatic carbocycles. The van der Waals surface area contributed by atoms with Gasteiger partial charge in [0.25, 0.3) is 5.91 Å². The predicted octanol–water partition coefficient (Wildman–Crippen LogP) is 2.91. The smallest absolute Gasteiger partial charge is 0.268 e. The van der Waals surface area contributed by atoms with E-state index < -0.39 is 0 Å². The van der Waals surface area contributed by atoms with Gasteiger partial charge in [-0.05, 0) is 51.1 Å². The van der Waals surface area contributed by atoms with Crippen molar-refractivity contribution in [2.75, 3.05) is 20.2 Å². The van der Waals surface area contributed by atoms with E-state index in [2.05, 4.69) is 15.2 Å². The zero-order valence-electron chi connectivity index (χ0n) is 14.3. The molecule has 0 radical (unpaired) electrons. The fraction of sp³-hybridized carbons (Fsp3) is 0.421. The predicted molar refractivity (Wildman–Crippen MR) is 94.4 cm³/mol. The molecule has 2 aromatic rings. The molecule has 1 aromatic heterocycles. The first kappa shape index (κ1) is 16.6. The first-order chi connectivity index (χ1) is 11.7. The van der Waals surface area contributed by atoms with Crippen molar-refractivity contribution in [1.29, 1.82) is 0 Å². The molecular formula is C19H25N3O2. The lowest BCUT2D eigenvalue weighted by Gasteiger charge is -2.26. The number of para-hydroxylation sites is 1. The number of ether oxygens (including phenoxy) is 1. The van der Waals surface area contributed by atoms with Gasteiger partial charge < -0.3 is 19.9 Å². The second-order valence-electron chi connectivity index (χ2n) is 6.22. The van der Waals surface area contributed by atoms with Crippen LogP contribution in [0.4, 0.5) is 0 Å². The summed E-state index contributed by atoms with van der Waals surface area (Å²) >= 11 is 0. The molecule has 128 valence electrons. The number of aromatic nitrogens is 1. The van der Waals surface area contributed by atoms with Crippen LogP contribution < -0.4 is 15.4 Å². The van der Waals surface area contributed by atoms with E-state index in [-0.39, 0.29) is 11.9 Å². The zero-order valence-corrected chi connectivity index (χ0v) is 14.3. The van der Waals surface area contributed by atoms with Crippen LogP contribution in [0.1, 0.15) is 47.9 Å². The van der Waals surface area contributed by atoms with Crippen molar-refractivity contribution in [2.45, 2.75) is 31.8 Å². The highest BCUT2D eigenvalue weighted by atomic mass is 16.5. The van der Waals surface area contributed by atoms with Gasteiger partial charge in [0.1, 0.15) is 11.4 Å². The number of amides is 1. The standard InChI is InChI=1S/C19H25N3O2/c1-14(16-6-3-4-8-18(16)24-2)21-19(23)17-7-5-13-22(17)15-9-11-20-12-10-15/h3-8,13-15,20H,9-12H2,1-2H3,(H,21,23)/t14-/m0/s1. The Morgan fingerprint density at radius 2 is 2.00 bits per heavy atom. The Labute approximate surface area is 143 Å². The number of nitrogens with zero attached hydrogens (tertiary/aromatic N) is 1. The Morgan fingerprint density at radius 3 is 2.75 bits per heavy atom. The molecule has 1 fully saturated rings. The van der Waals surface area contributed by atoms with Crippen LogP contribution in [0.2, 0.25) is 0 Å². The Morgan fingerprint density at radius 1 is 1.25 bits per heavy atom. The molecule has 1 atom stereocenters. The number of hydrogen-bond donors (Lipinski definition) is 2. The van der Waals surface area contributed by atoms with E-state index in [1.807, 2.05) is 49.5 Å². The Balaban J connectivity index is 1.74. The molecule has 0 spiro atoms. The molecule has 1 aromatic carbocycles. The van der Waals surface area contributed by atoms with Gasteiger partial charge in [-0.3, -0.25) is 4.79 Å². The van der Waals surface area contributed by atoms with E-state index in [9.17, 15) is 4.79 Å². The van der Waals surface area contributed by atoms with Crippen LogP contribution in [0, 0.1) is 0 Å². The van der Waals surface area contributed by atoms with Crippen LogP contribution in [0.3, 0.4) is 0 Å². The Bertz CT molecular complexity index is 689. The summed E-state index contributed by atoms with van der Waals surface area (Å²) in [7, 11) is 1.65. The van der Waals surface area contributed by atoms with E-state index in [4.69, 9.17) is 4.74 Å². The highest BCUT2D eigenvalue weighted by Crippen LogP contribution is 2.25. The van der Waals surface area contributed by atoms with E-state index >= 15 is 0 Å². The van der Waals surface area contributed by atoms with Crippen LogP contribution in [-0.2, 0) is 0 Å². The maximum atomic E-state index is 12.8. The maximum Gasteiger partial charge on any atom is 0.268 e. The van der Waals surface area contributed by atoms with Crippen molar-refractivity contribution in [3.63, 3.8) is 0 Å². The number of benzene rings is 1. The average molecular weight is 327 g/mol. The summed E-state index contributed by atoms with van der Waals surface area (Å²) in [6.07, 6.45) is 4.12. The fourth-order valence-corrected chi connectivity index (χ4v) is 3.36. The molecule has 5 nitrogen and oxygen atoms in total. The van der Waals surface area contributed by atoms with Crippen molar-refractivity contribution in [2.24, 2.45) is 0 Å². The number of hydrogen-bond acceptors (Lipinski definition) is 3. The second-order valence-corrected chi connectivity index (χ2v) is 6.22. The highest BCUT2D eigenvalue weighted by Gasteiger charge is 2.21. The summed E-state index contributed by atoms with van der Waals surface area (Å²) in [6, 6.07) is 11.9. The summed E-state index contributed by atoms with van der Waals surface area (Å²) in [5.41, 5.74) is 1.71. The molecule has 2 heterocycles. The number of carbonyl (C=O) groups excluding carboxylic acids is 1. The number of carbonyl (C=O) groups is 1. The number of methoxy groups -OCH3 is 1. The van der Waals surface area contributed by atoms with Crippen molar-refractivity contribution >= 4 is 5.91 Å². The number of piperidine rings is 1. The molecule has 1 saturated heterocycles. The quantitative estimate of drug-likeness (QED) is 0.888. The first-order valence-electron chi connectivity index (χ1n) is 8.52. The molecule has 3 rings (SSSR count). The highest BCUT2D eigenvalue weighted by molar-refractivity contribution is 5.93. The van der Waals surface area contributed by atoms with Gasteiger partial charge in [0.2, 0.25) is 0 Å². The molecule has 1 amide bonds. The monoisotopic (exact) mass is 327 g/mol. The number of rotatable bonds is 5. The largest absolute Gasteiger partial charge is 0.496 e. The van der Waals surface area contributed by atoms with Gasteiger partial charge >= 0.3 is 0 Å². The molecule has 24 heavy (non-hydrogen) atoms. The van der Waals surface area contributed by atoms with Crippen LogP contribution in [-0.4, -0.2) is 30.7 Å². The number of nitrogens with one attached hydrogen (secondary N) is 2. The SMILES string of the molecule is COc1ccccc1[C@H](C)NC(=O)c1cccn1C1CCNCC1. The van der Waals surface area contributed by atoms with Gasteiger partial charge in [-0.25, -0.2) is 0 Å². The summed E-state index contributed by atoms with van der Waals surface area (Å²) < 4.78 is 7.51. The molecule has 2 N–H and O–H groups in total. The minimum absolute atomic E-state index is 0.0445. The van der Waals surface area contributed by atoms with Gasteiger partial charge in [0.15, 0.2) is 0 Å². The van der Waals surface area contributed by atoms with E-state index in [0.29, 0.717) is 6.04 Å². The lowest BCUT2D eigenvalue weighted by atomic mass is 10.1. The minimum Gasteiger partial charge on any atom is -0.496 e. The third kappa shape index (κ3) is 3.46. The molecule has 1 aliphatic heterocycles. The van der Waals surface area contributed by atoms with Crippen molar-refractivity contribution in [1.82, 2.24) is 15.2 Å². The zero-order chi connectivity index (χ0) is 16.9. The van der Waals surface area contributed by atoms with Crippen LogP contribution in [0.5, 0.6) is 5.75 Å². The molecule has 1 aliphatic rings. The second kappa shape index (κ2) is 7.53. The Hall–Kier alpha value is -2.27. The topological polar surface area (TPSA) is 55.3 Å². The van der Waals surface area contributed by atoms with Gasteiger partial charge in [-0.2, -0.15) is 0 Å². The van der Waals surface area contributed by atoms with E-state index in [1.165, 1.54) is 0 Å². The van der Waals surface area contributed by atoms with Gasteiger partial charge in [0, 0.05) is 17.8 Å². The third-order valence-electron chi connectivity index (χ3n) is 4.67. The minimum atomic E-state index is -0.120. The van der Waals surface area contributed by atoms with Crippen LogP contribution in [0.15, 0.2) is 42.6 Å². The molecule has 5 heteroatoms. The Kier molecular flexibility index (Phi) is 5.20. The van der Waals surface area contributed by atoms with Crippen molar-refractivity contribution < 1.29 is 9.53 Å². The van der Waals surface area contributed by atoms with Crippen LogP contribution >= 0.6 is 0 Å². The van der Waals surface area contributed by atoms with Gasteiger partial charge in [-0.15, -0.1) is 0 Å². The van der Waals surface area contributed by atoms with Gasteiger partial charge in [-0.1, -0.05) is 18.2 Å². The molecule has 0 saturated carbocycles. The van der Waals surface area contributed by atoms with Crippen molar-refractivity contribution in [3.05, 3.63) is 53.9 Å². The fourth-order valence-electron chi connectivity index (χ4n) is 3.36. The summed E-state index contributed by atoms with van der Waals surface area (Å²) in [5.74, 6) is 0.746. The van der Waals surface area contributed by atoms with Gasteiger partial charge in [0.05, 0.1) is 13.2 Å². The first-order valence-corrected chi connectivity index (χ1v) is 8.52. The third-order valence-corrected chi connectivity index (χ3v) is 4.67. The molecule has 0 bridgehead atoms. The lowest BCUT2D eigenvalue weighted by Crippen LogP contribution is -2.33. The molecule has 0 unspecified atom stereocenters. The molecular weight excluding hydrogens is 302 g/mol. The summed E-state index contributed by atoms with van der Waals surface area (Å²) in [4.78, 5) is 12.8. The normalized spacial score (nSPS) is 16.6. The van der Waals surface area contributed by atoms with Crippen molar-refractivity contribution in [3.8, 4) is 5.75 Å². The van der Waals surface area contributed by atoms with E-state index in [0.717, 1.165) is 42.9 Å². The maximum absolute atomic E-state index is 12.8. The summed E-state index contributed by atoms with van der Waals surface area (Å²) in [6.45, 7) is 3.98. The van der Waals surface area contributed by atoms with Crippen LogP contribution in [0.25, 0.3) is 0 Å². The lowest BCUT2D eigenvalue weighted by molar-refractivity contribution is 0.0926.